The standard InChI is InChI=1S/C16H22N2O2/c1-4-14-16(20)17-7-8-18(14)15(19)10-13-6-5-11(2)12(3)9-13/h5-6,9,14H,4,7-8,10H2,1-3H3,(H,17,20). The van der Waals surface area contributed by atoms with Crippen molar-refractivity contribution in [3.63, 3.8) is 0 Å². The molecule has 1 fully saturated rings. The predicted molar refractivity (Wildman–Crippen MR) is 78.4 cm³/mol. The highest BCUT2D eigenvalue weighted by molar-refractivity contribution is 5.89. The van der Waals surface area contributed by atoms with Gasteiger partial charge in [0.25, 0.3) is 0 Å². The lowest BCUT2D eigenvalue weighted by atomic mass is 10.0. The molecule has 0 spiro atoms. The Labute approximate surface area is 120 Å². The van der Waals surface area contributed by atoms with Gasteiger partial charge in [0.2, 0.25) is 11.8 Å². The van der Waals surface area contributed by atoms with Crippen LogP contribution in [0.1, 0.15) is 30.0 Å². The molecule has 4 heteroatoms. The summed E-state index contributed by atoms with van der Waals surface area (Å²) in [6, 6.07) is 5.77. The summed E-state index contributed by atoms with van der Waals surface area (Å²) in [5.41, 5.74) is 3.43. The number of hydrogen-bond acceptors (Lipinski definition) is 2. The van der Waals surface area contributed by atoms with Gasteiger partial charge in [-0.2, -0.15) is 0 Å². The number of nitrogens with zero attached hydrogens (tertiary/aromatic N) is 1. The maximum atomic E-state index is 12.4. The van der Waals surface area contributed by atoms with Crippen molar-refractivity contribution in [2.75, 3.05) is 13.1 Å². The van der Waals surface area contributed by atoms with Crippen LogP contribution in [0.2, 0.25) is 0 Å². The third-order valence-corrected chi connectivity index (χ3v) is 3.96. The van der Waals surface area contributed by atoms with Crippen LogP contribution in [0.5, 0.6) is 0 Å². The van der Waals surface area contributed by atoms with Gasteiger partial charge in [0, 0.05) is 13.1 Å². The van der Waals surface area contributed by atoms with E-state index in [0.29, 0.717) is 25.9 Å². The average Bonchev–Trinajstić information content (AvgIpc) is 2.42. The molecule has 1 aromatic carbocycles. The molecule has 0 radical (unpaired) electrons. The van der Waals surface area contributed by atoms with Crippen LogP contribution < -0.4 is 5.32 Å². The highest BCUT2D eigenvalue weighted by Crippen LogP contribution is 2.14. The van der Waals surface area contributed by atoms with Crippen molar-refractivity contribution in [1.29, 1.82) is 0 Å². The van der Waals surface area contributed by atoms with Crippen LogP contribution in [-0.4, -0.2) is 35.8 Å². The minimum absolute atomic E-state index is 0.0350. The van der Waals surface area contributed by atoms with Crippen molar-refractivity contribution < 1.29 is 9.59 Å². The minimum Gasteiger partial charge on any atom is -0.353 e. The Morgan fingerprint density at radius 2 is 2.10 bits per heavy atom. The van der Waals surface area contributed by atoms with Gasteiger partial charge in [-0.05, 0) is 37.0 Å². The summed E-state index contributed by atoms with van der Waals surface area (Å²) in [7, 11) is 0. The van der Waals surface area contributed by atoms with Gasteiger partial charge in [0.05, 0.1) is 6.42 Å². The summed E-state index contributed by atoms with van der Waals surface area (Å²) < 4.78 is 0. The van der Waals surface area contributed by atoms with E-state index in [-0.39, 0.29) is 17.9 Å². The third-order valence-electron chi connectivity index (χ3n) is 3.96. The third kappa shape index (κ3) is 3.00. The van der Waals surface area contributed by atoms with E-state index >= 15 is 0 Å². The maximum absolute atomic E-state index is 12.4. The molecule has 0 aliphatic carbocycles. The minimum atomic E-state index is -0.317. The number of rotatable bonds is 3. The fourth-order valence-electron chi connectivity index (χ4n) is 2.61. The highest BCUT2D eigenvalue weighted by atomic mass is 16.2. The summed E-state index contributed by atoms with van der Waals surface area (Å²) in [6.07, 6.45) is 1.02. The van der Waals surface area contributed by atoms with Gasteiger partial charge in [-0.25, -0.2) is 0 Å². The molecule has 0 bridgehead atoms. The SMILES string of the molecule is CCC1C(=O)NCCN1C(=O)Cc1ccc(C)c(C)c1. The second-order valence-corrected chi connectivity index (χ2v) is 5.40. The lowest BCUT2D eigenvalue weighted by Crippen LogP contribution is -2.57. The van der Waals surface area contributed by atoms with Gasteiger partial charge in [0.1, 0.15) is 6.04 Å². The van der Waals surface area contributed by atoms with Crippen LogP contribution in [0.4, 0.5) is 0 Å². The summed E-state index contributed by atoms with van der Waals surface area (Å²) in [5, 5.41) is 2.82. The second-order valence-electron chi connectivity index (χ2n) is 5.40. The predicted octanol–water partition coefficient (Wildman–Crippen LogP) is 1.58. The van der Waals surface area contributed by atoms with Gasteiger partial charge in [-0.1, -0.05) is 25.1 Å². The van der Waals surface area contributed by atoms with Crippen LogP contribution in [0, 0.1) is 13.8 Å². The fraction of sp³-hybridized carbons (Fsp3) is 0.500. The quantitative estimate of drug-likeness (QED) is 0.910. The Morgan fingerprint density at radius 1 is 1.35 bits per heavy atom. The lowest BCUT2D eigenvalue weighted by Gasteiger charge is -2.34. The number of carbonyl (C=O) groups is 2. The molecule has 1 aromatic rings. The number of aryl methyl sites for hydroxylation is 2. The van der Waals surface area contributed by atoms with E-state index < -0.39 is 0 Å². The first-order valence-electron chi connectivity index (χ1n) is 7.16. The first-order chi connectivity index (χ1) is 9.52. The first kappa shape index (κ1) is 14.6. The summed E-state index contributed by atoms with van der Waals surface area (Å²) >= 11 is 0. The Bertz CT molecular complexity index is 525. The van der Waals surface area contributed by atoms with E-state index in [4.69, 9.17) is 0 Å². The number of benzene rings is 1. The van der Waals surface area contributed by atoms with E-state index in [1.807, 2.05) is 26.0 Å². The normalized spacial score (nSPS) is 18.9. The van der Waals surface area contributed by atoms with Crippen molar-refractivity contribution in [1.82, 2.24) is 10.2 Å². The topological polar surface area (TPSA) is 49.4 Å². The van der Waals surface area contributed by atoms with Gasteiger partial charge in [-0.15, -0.1) is 0 Å². The van der Waals surface area contributed by atoms with E-state index in [0.717, 1.165) is 5.56 Å². The van der Waals surface area contributed by atoms with Crippen molar-refractivity contribution in [2.45, 2.75) is 39.7 Å². The number of hydrogen-bond donors (Lipinski definition) is 1. The molecule has 1 unspecified atom stereocenters. The van der Waals surface area contributed by atoms with Crippen molar-refractivity contribution in [3.8, 4) is 0 Å². The lowest BCUT2D eigenvalue weighted by molar-refractivity contribution is -0.142. The van der Waals surface area contributed by atoms with Gasteiger partial charge < -0.3 is 10.2 Å². The number of carbonyl (C=O) groups excluding carboxylic acids is 2. The highest BCUT2D eigenvalue weighted by Gasteiger charge is 2.31. The zero-order valence-corrected chi connectivity index (χ0v) is 12.4. The van der Waals surface area contributed by atoms with Crippen LogP contribution in [0.3, 0.4) is 0 Å². The first-order valence-corrected chi connectivity index (χ1v) is 7.16. The van der Waals surface area contributed by atoms with Crippen molar-refractivity contribution in [2.24, 2.45) is 0 Å². The molecular weight excluding hydrogens is 252 g/mol. The molecule has 1 atom stereocenters. The molecular formula is C16H22N2O2. The van der Waals surface area contributed by atoms with E-state index in [1.54, 1.807) is 4.90 Å². The fourth-order valence-corrected chi connectivity index (χ4v) is 2.61. The van der Waals surface area contributed by atoms with Crippen LogP contribution in [0.25, 0.3) is 0 Å². The number of amides is 2. The molecule has 2 amide bonds. The molecule has 1 N–H and O–H groups in total. The molecule has 108 valence electrons. The van der Waals surface area contributed by atoms with Crippen molar-refractivity contribution in [3.05, 3.63) is 34.9 Å². The van der Waals surface area contributed by atoms with Crippen LogP contribution in [-0.2, 0) is 16.0 Å². The summed E-state index contributed by atoms with van der Waals surface area (Å²) in [4.78, 5) is 25.9. The Kier molecular flexibility index (Phi) is 4.42. The monoisotopic (exact) mass is 274 g/mol. The zero-order valence-electron chi connectivity index (χ0n) is 12.4. The molecule has 1 saturated heterocycles. The Hall–Kier alpha value is -1.84. The van der Waals surface area contributed by atoms with E-state index in [2.05, 4.69) is 18.3 Å². The number of nitrogens with one attached hydrogen (secondary N) is 1. The molecule has 0 aromatic heterocycles. The van der Waals surface area contributed by atoms with Gasteiger partial charge >= 0.3 is 0 Å². The van der Waals surface area contributed by atoms with Crippen molar-refractivity contribution >= 4 is 11.8 Å². The molecule has 1 aliphatic heterocycles. The molecule has 1 aliphatic rings. The molecule has 0 saturated carbocycles. The van der Waals surface area contributed by atoms with E-state index in [9.17, 15) is 9.59 Å². The summed E-state index contributed by atoms with van der Waals surface area (Å²) in [5.74, 6) is 0.00198. The molecule has 20 heavy (non-hydrogen) atoms. The summed E-state index contributed by atoms with van der Waals surface area (Å²) in [6.45, 7) is 7.20. The largest absolute Gasteiger partial charge is 0.353 e. The van der Waals surface area contributed by atoms with Gasteiger partial charge in [0.15, 0.2) is 0 Å². The molecule has 1 heterocycles. The second kappa shape index (κ2) is 6.07. The Balaban J connectivity index is 2.10. The smallest absolute Gasteiger partial charge is 0.242 e. The van der Waals surface area contributed by atoms with E-state index in [1.165, 1.54) is 11.1 Å². The van der Waals surface area contributed by atoms with Gasteiger partial charge in [-0.3, -0.25) is 9.59 Å². The zero-order chi connectivity index (χ0) is 14.7. The molecule has 2 rings (SSSR count). The molecule has 4 nitrogen and oxygen atoms in total. The average molecular weight is 274 g/mol. The Morgan fingerprint density at radius 3 is 2.75 bits per heavy atom. The van der Waals surface area contributed by atoms with Crippen LogP contribution >= 0.6 is 0 Å². The number of piperazine rings is 1. The maximum Gasteiger partial charge on any atom is 0.242 e. The van der Waals surface area contributed by atoms with Crippen LogP contribution in [0.15, 0.2) is 18.2 Å².